The van der Waals surface area contributed by atoms with E-state index in [-0.39, 0.29) is 29.6 Å². The van der Waals surface area contributed by atoms with Gasteiger partial charge in [-0.25, -0.2) is 4.98 Å². The Hall–Kier alpha value is -4.88. The summed E-state index contributed by atoms with van der Waals surface area (Å²) in [6.45, 7) is 3.91. The number of carbonyl (C=O) groups excluding carboxylic acids is 1. The van der Waals surface area contributed by atoms with E-state index in [4.69, 9.17) is 27.5 Å². The van der Waals surface area contributed by atoms with Gasteiger partial charge in [-0.2, -0.15) is 4.98 Å². The molecule has 11 heteroatoms. The second-order valence-electron chi connectivity index (χ2n) is 8.22. The van der Waals surface area contributed by atoms with E-state index in [0.29, 0.717) is 57.4 Å². The molecular formula is C28H25ClN6O4. The summed E-state index contributed by atoms with van der Waals surface area (Å²) in [5.74, 6) is 3.29. The fraction of sp³-hybridized carbons (Fsp3) is 0.179. The van der Waals surface area contributed by atoms with Crippen LogP contribution in [0.1, 0.15) is 5.69 Å². The molecule has 4 rings (SSSR count). The number of nitrogens with zero attached hydrogens (tertiary/aromatic N) is 4. The van der Waals surface area contributed by atoms with Crippen molar-refractivity contribution in [3.8, 4) is 35.0 Å². The SMILES string of the molecule is C#CCNc1ncc2cc(-c3cc(OC)cc(OC)c3Cl)c(=O)n(CCc3ccc(NC(=O)C=C)cn3)c2n1. The molecule has 4 aromatic rings. The third kappa shape index (κ3) is 6.00. The molecule has 0 aliphatic heterocycles. The van der Waals surface area contributed by atoms with Gasteiger partial charge < -0.3 is 20.1 Å². The minimum atomic E-state index is -0.332. The largest absolute Gasteiger partial charge is 0.497 e. The molecule has 39 heavy (non-hydrogen) atoms. The van der Waals surface area contributed by atoms with Gasteiger partial charge in [-0.3, -0.25) is 19.1 Å². The van der Waals surface area contributed by atoms with Crippen LogP contribution >= 0.6 is 11.6 Å². The van der Waals surface area contributed by atoms with Crippen LogP contribution in [0.15, 0.2) is 60.2 Å². The quantitative estimate of drug-likeness (QED) is 0.227. The van der Waals surface area contributed by atoms with Gasteiger partial charge in [0, 0.05) is 47.4 Å². The van der Waals surface area contributed by atoms with Crippen LogP contribution < -0.4 is 25.7 Å². The molecule has 0 atom stereocenters. The molecule has 0 radical (unpaired) electrons. The Bertz CT molecular complexity index is 1640. The number of nitrogens with one attached hydrogen (secondary N) is 2. The Morgan fingerprint density at radius 1 is 1.18 bits per heavy atom. The van der Waals surface area contributed by atoms with E-state index in [0.717, 1.165) is 0 Å². The van der Waals surface area contributed by atoms with Crippen molar-refractivity contribution < 1.29 is 14.3 Å². The van der Waals surface area contributed by atoms with Gasteiger partial charge in [-0.1, -0.05) is 24.1 Å². The number of halogens is 1. The predicted octanol–water partition coefficient (Wildman–Crippen LogP) is 3.94. The molecule has 0 unspecified atom stereocenters. The number of aryl methyl sites for hydroxylation is 2. The van der Waals surface area contributed by atoms with Gasteiger partial charge in [0.1, 0.15) is 17.1 Å². The topological polar surface area (TPSA) is 120 Å². The molecule has 1 amide bonds. The Morgan fingerprint density at radius 3 is 2.67 bits per heavy atom. The highest BCUT2D eigenvalue weighted by atomic mass is 35.5. The van der Waals surface area contributed by atoms with Crippen molar-refractivity contribution in [3.63, 3.8) is 0 Å². The maximum Gasteiger partial charge on any atom is 0.260 e. The molecule has 3 aromatic heterocycles. The number of aromatic nitrogens is 4. The van der Waals surface area contributed by atoms with Crippen molar-refractivity contribution in [2.45, 2.75) is 13.0 Å². The lowest BCUT2D eigenvalue weighted by atomic mass is 10.0. The lowest BCUT2D eigenvalue weighted by Gasteiger charge is -2.16. The van der Waals surface area contributed by atoms with Gasteiger partial charge >= 0.3 is 0 Å². The van der Waals surface area contributed by atoms with Gasteiger partial charge in [0.15, 0.2) is 0 Å². The standard InChI is InChI=1S/C28H25ClN6O4/c1-5-10-30-28-32-15-17-12-22(21-13-20(38-3)14-23(39-4)25(21)29)27(37)35(26(17)34-28)11-9-18-7-8-19(16-31-18)33-24(36)6-2/h1,6-8,12-16H,2,9-11H2,3-4H3,(H,33,36)(H,30,32,34). The van der Waals surface area contributed by atoms with Crippen LogP contribution in [0.3, 0.4) is 0 Å². The summed E-state index contributed by atoms with van der Waals surface area (Å²) in [4.78, 5) is 38.7. The normalized spacial score (nSPS) is 10.5. The van der Waals surface area contributed by atoms with Gasteiger partial charge in [-0.15, -0.1) is 6.42 Å². The molecule has 1 aromatic carbocycles. The lowest BCUT2D eigenvalue weighted by Crippen LogP contribution is -2.24. The minimum Gasteiger partial charge on any atom is -0.497 e. The van der Waals surface area contributed by atoms with Crippen LogP contribution in [-0.4, -0.2) is 46.2 Å². The first kappa shape index (κ1) is 27.2. The molecule has 0 fully saturated rings. The number of methoxy groups -OCH3 is 2. The first-order valence-corrected chi connectivity index (χ1v) is 12.1. The number of hydrogen-bond acceptors (Lipinski definition) is 8. The van der Waals surface area contributed by atoms with E-state index in [1.54, 1.807) is 47.3 Å². The molecule has 2 N–H and O–H groups in total. The number of hydrogen-bond donors (Lipinski definition) is 2. The van der Waals surface area contributed by atoms with Gasteiger partial charge in [0.2, 0.25) is 11.9 Å². The van der Waals surface area contributed by atoms with Gasteiger partial charge in [0.25, 0.3) is 5.56 Å². The van der Waals surface area contributed by atoms with Crippen molar-refractivity contribution in [3.05, 3.63) is 76.5 Å². The highest BCUT2D eigenvalue weighted by Gasteiger charge is 2.19. The number of terminal acetylenes is 1. The van der Waals surface area contributed by atoms with Crippen molar-refractivity contribution in [2.75, 3.05) is 31.4 Å². The smallest absolute Gasteiger partial charge is 0.260 e. The summed E-state index contributed by atoms with van der Waals surface area (Å²) < 4.78 is 12.3. The van der Waals surface area contributed by atoms with E-state index in [1.165, 1.54) is 20.3 Å². The number of rotatable bonds is 10. The van der Waals surface area contributed by atoms with Gasteiger partial charge in [-0.05, 0) is 30.3 Å². The van der Waals surface area contributed by atoms with Crippen molar-refractivity contribution in [1.82, 2.24) is 19.5 Å². The van der Waals surface area contributed by atoms with Crippen LogP contribution in [0.5, 0.6) is 11.5 Å². The summed E-state index contributed by atoms with van der Waals surface area (Å²) in [5.41, 5.74) is 2.11. The van der Waals surface area contributed by atoms with Crippen LogP contribution in [0.4, 0.5) is 11.6 Å². The molecule has 0 bridgehead atoms. The average Bonchev–Trinajstić information content (AvgIpc) is 2.96. The van der Waals surface area contributed by atoms with Crippen LogP contribution in [-0.2, 0) is 17.8 Å². The number of carbonyl (C=O) groups is 1. The molecule has 3 heterocycles. The highest BCUT2D eigenvalue weighted by molar-refractivity contribution is 6.35. The Labute approximate surface area is 229 Å². The monoisotopic (exact) mass is 544 g/mol. The number of ether oxygens (including phenoxy) is 2. The molecule has 198 valence electrons. The van der Waals surface area contributed by atoms with E-state index >= 15 is 0 Å². The van der Waals surface area contributed by atoms with Crippen LogP contribution in [0, 0.1) is 12.3 Å². The molecule has 0 aliphatic carbocycles. The maximum atomic E-state index is 13.9. The van der Waals surface area contributed by atoms with E-state index < -0.39 is 0 Å². The third-order valence-corrected chi connectivity index (χ3v) is 6.19. The molecule has 0 aliphatic rings. The first-order chi connectivity index (χ1) is 18.9. The van der Waals surface area contributed by atoms with Gasteiger partial charge in [0.05, 0.1) is 37.7 Å². The number of anilines is 2. The van der Waals surface area contributed by atoms with Crippen molar-refractivity contribution >= 4 is 40.2 Å². The minimum absolute atomic E-state index is 0.228. The Balaban J connectivity index is 1.80. The number of fused-ring (bicyclic) bond motifs is 1. The highest BCUT2D eigenvalue weighted by Crippen LogP contribution is 2.38. The average molecular weight is 545 g/mol. The van der Waals surface area contributed by atoms with E-state index in [9.17, 15) is 9.59 Å². The molecule has 0 spiro atoms. The van der Waals surface area contributed by atoms with Crippen LogP contribution in [0.2, 0.25) is 5.02 Å². The second kappa shape index (κ2) is 12.1. The van der Waals surface area contributed by atoms with Crippen LogP contribution in [0.25, 0.3) is 22.2 Å². The Kier molecular flexibility index (Phi) is 8.43. The number of amides is 1. The Morgan fingerprint density at radius 2 is 2.00 bits per heavy atom. The fourth-order valence-electron chi connectivity index (χ4n) is 3.88. The zero-order chi connectivity index (χ0) is 27.9. The van der Waals surface area contributed by atoms with E-state index in [1.807, 2.05) is 0 Å². The second-order valence-corrected chi connectivity index (χ2v) is 8.60. The summed E-state index contributed by atoms with van der Waals surface area (Å²) in [6, 6.07) is 8.51. The summed E-state index contributed by atoms with van der Waals surface area (Å²) in [7, 11) is 3.01. The lowest BCUT2D eigenvalue weighted by molar-refractivity contribution is -0.111. The van der Waals surface area contributed by atoms with E-state index in [2.05, 4.69) is 38.1 Å². The predicted molar refractivity (Wildman–Crippen MR) is 151 cm³/mol. The van der Waals surface area contributed by atoms with Crippen molar-refractivity contribution in [1.29, 1.82) is 0 Å². The summed E-state index contributed by atoms with van der Waals surface area (Å²) in [5, 5.41) is 6.48. The number of benzene rings is 1. The molecule has 10 nitrogen and oxygen atoms in total. The molecular weight excluding hydrogens is 520 g/mol. The fourth-order valence-corrected chi connectivity index (χ4v) is 4.16. The third-order valence-electron chi connectivity index (χ3n) is 5.80. The first-order valence-electron chi connectivity index (χ1n) is 11.8. The number of pyridine rings is 2. The maximum absolute atomic E-state index is 13.9. The molecule has 0 saturated carbocycles. The molecule has 0 saturated heterocycles. The zero-order valence-corrected chi connectivity index (χ0v) is 22.1. The summed E-state index contributed by atoms with van der Waals surface area (Å²) >= 11 is 6.63. The summed E-state index contributed by atoms with van der Waals surface area (Å²) in [6.07, 6.45) is 10.1. The zero-order valence-electron chi connectivity index (χ0n) is 21.3. The van der Waals surface area contributed by atoms with Crippen molar-refractivity contribution in [2.24, 2.45) is 0 Å².